The molecular formula is C12H13NO5S. The van der Waals surface area contributed by atoms with E-state index in [2.05, 4.69) is 0 Å². The van der Waals surface area contributed by atoms with Crippen LogP contribution >= 0.6 is 0 Å². The van der Waals surface area contributed by atoms with Gasteiger partial charge >= 0.3 is 0 Å². The first-order valence-corrected chi connectivity index (χ1v) is 7.56. The van der Waals surface area contributed by atoms with Gasteiger partial charge in [-0.1, -0.05) is 12.1 Å². The summed E-state index contributed by atoms with van der Waals surface area (Å²) in [5.74, 6) is -1.05. The average molecular weight is 283 g/mol. The van der Waals surface area contributed by atoms with Gasteiger partial charge in [0, 0.05) is 12.8 Å². The van der Waals surface area contributed by atoms with Crippen molar-refractivity contribution in [3.8, 4) is 0 Å². The molecule has 2 rings (SSSR count). The van der Waals surface area contributed by atoms with Crippen LogP contribution in [0.2, 0.25) is 0 Å². The van der Waals surface area contributed by atoms with E-state index >= 15 is 0 Å². The van der Waals surface area contributed by atoms with Crippen molar-refractivity contribution in [1.29, 1.82) is 0 Å². The van der Waals surface area contributed by atoms with Gasteiger partial charge in [-0.05, 0) is 12.1 Å². The van der Waals surface area contributed by atoms with Crippen LogP contribution in [0.1, 0.15) is 20.7 Å². The molecule has 1 heterocycles. The van der Waals surface area contributed by atoms with E-state index in [0.29, 0.717) is 0 Å². The maximum Gasteiger partial charge on any atom is 0.261 e. The lowest BCUT2D eigenvalue weighted by Gasteiger charge is -2.19. The molecule has 0 aliphatic carbocycles. The number of carbonyl (C=O) groups excluding carboxylic acids is 2. The van der Waals surface area contributed by atoms with Crippen molar-refractivity contribution in [3.05, 3.63) is 35.4 Å². The highest BCUT2D eigenvalue weighted by atomic mass is 32.2. The fourth-order valence-corrected chi connectivity index (χ4v) is 2.63. The molecule has 1 aliphatic rings. The van der Waals surface area contributed by atoms with Crippen LogP contribution in [0.4, 0.5) is 0 Å². The zero-order chi connectivity index (χ0) is 14.2. The normalized spacial score (nSPS) is 16.6. The topological polar surface area (TPSA) is 91.8 Å². The van der Waals surface area contributed by atoms with E-state index in [1.165, 1.54) is 12.1 Å². The first-order valence-electron chi connectivity index (χ1n) is 5.61. The summed E-state index contributed by atoms with van der Waals surface area (Å²) in [6.45, 7) is -0.964. The number of hydrogen-bond acceptors (Lipinski definition) is 5. The summed E-state index contributed by atoms with van der Waals surface area (Å²) < 4.78 is 22.9. The van der Waals surface area contributed by atoms with Crippen molar-refractivity contribution in [2.24, 2.45) is 0 Å². The predicted octanol–water partition coefficient (Wildman–Crippen LogP) is -0.312. The van der Waals surface area contributed by atoms with Crippen LogP contribution in [0, 0.1) is 0 Å². The van der Waals surface area contributed by atoms with Crippen LogP contribution in [0.3, 0.4) is 0 Å². The van der Waals surface area contributed by atoms with E-state index < -0.39 is 33.5 Å². The lowest BCUT2D eigenvalue weighted by molar-refractivity contribution is 0.0647. The Morgan fingerprint density at radius 1 is 1.16 bits per heavy atom. The number of amides is 2. The molecule has 1 aromatic carbocycles. The monoisotopic (exact) mass is 283 g/mol. The Labute approximate surface area is 110 Å². The number of nitrogens with zero attached hydrogens (tertiary/aromatic N) is 1. The number of aliphatic hydroxyl groups is 1. The minimum absolute atomic E-state index is 0.262. The molecule has 0 saturated carbocycles. The molecule has 0 saturated heterocycles. The maximum atomic E-state index is 12.0. The maximum absolute atomic E-state index is 12.0. The highest BCUT2D eigenvalue weighted by molar-refractivity contribution is 7.91. The molecule has 2 amide bonds. The van der Waals surface area contributed by atoms with Crippen LogP contribution in [0.15, 0.2) is 24.3 Å². The molecule has 0 radical (unpaired) electrons. The Hall–Kier alpha value is -1.73. The van der Waals surface area contributed by atoms with Gasteiger partial charge < -0.3 is 5.11 Å². The largest absolute Gasteiger partial charge is 0.395 e. The van der Waals surface area contributed by atoms with Crippen LogP contribution in [-0.4, -0.2) is 54.9 Å². The fraction of sp³-hybridized carbons (Fsp3) is 0.333. The van der Waals surface area contributed by atoms with Gasteiger partial charge in [0.2, 0.25) is 0 Å². The van der Waals surface area contributed by atoms with Crippen LogP contribution in [-0.2, 0) is 9.84 Å². The van der Waals surface area contributed by atoms with E-state index in [9.17, 15) is 18.0 Å². The number of sulfone groups is 1. The van der Waals surface area contributed by atoms with Crippen LogP contribution in [0.25, 0.3) is 0 Å². The third kappa shape index (κ3) is 2.39. The highest BCUT2D eigenvalue weighted by Gasteiger charge is 2.38. The molecule has 19 heavy (non-hydrogen) atoms. The third-order valence-corrected chi connectivity index (χ3v) is 4.58. The van der Waals surface area contributed by atoms with Crippen molar-refractivity contribution in [2.45, 2.75) is 5.25 Å². The summed E-state index contributed by atoms with van der Waals surface area (Å²) in [6.07, 6.45) is 0.964. The van der Waals surface area contributed by atoms with Gasteiger partial charge in [0.15, 0.2) is 9.84 Å². The summed E-state index contributed by atoms with van der Waals surface area (Å²) in [6, 6.07) is 6.30. The van der Waals surface area contributed by atoms with E-state index in [1.54, 1.807) is 12.1 Å². The molecule has 6 nitrogen and oxygen atoms in total. The van der Waals surface area contributed by atoms with E-state index in [4.69, 9.17) is 5.11 Å². The fourth-order valence-electron chi connectivity index (χ4n) is 1.94. The molecule has 1 aliphatic heterocycles. The van der Waals surface area contributed by atoms with Crippen molar-refractivity contribution in [1.82, 2.24) is 4.90 Å². The molecule has 0 spiro atoms. The quantitative estimate of drug-likeness (QED) is 0.765. The SMILES string of the molecule is CS(=O)(=O)C(CO)CN1C(=O)c2ccccc2C1=O. The molecule has 1 N–H and O–H groups in total. The van der Waals surface area contributed by atoms with Gasteiger partial charge in [0.25, 0.3) is 11.8 Å². The number of imide groups is 1. The van der Waals surface area contributed by atoms with Crippen molar-refractivity contribution >= 4 is 21.7 Å². The molecule has 0 aromatic heterocycles. The van der Waals surface area contributed by atoms with E-state index in [0.717, 1.165) is 11.2 Å². The standard InChI is InChI=1S/C12H13NO5S/c1-19(17,18)8(7-14)6-13-11(15)9-4-2-3-5-10(9)12(13)16/h2-5,8,14H,6-7H2,1H3. The highest BCUT2D eigenvalue weighted by Crippen LogP contribution is 2.23. The number of carbonyl (C=O) groups is 2. The first-order chi connectivity index (χ1) is 8.86. The van der Waals surface area contributed by atoms with E-state index in [1.807, 2.05) is 0 Å². The number of hydrogen-bond donors (Lipinski definition) is 1. The molecule has 102 valence electrons. The second kappa shape index (κ2) is 4.75. The zero-order valence-electron chi connectivity index (χ0n) is 10.2. The number of aliphatic hydroxyl groups excluding tert-OH is 1. The summed E-state index contributed by atoms with van der Waals surface area (Å²) in [5.41, 5.74) is 0.524. The van der Waals surface area contributed by atoms with Crippen LogP contribution < -0.4 is 0 Å². The Morgan fingerprint density at radius 3 is 2.00 bits per heavy atom. The second-order valence-electron chi connectivity index (χ2n) is 4.40. The summed E-state index contributed by atoms with van der Waals surface area (Å²) in [4.78, 5) is 24.9. The summed E-state index contributed by atoms with van der Waals surface area (Å²) in [7, 11) is -3.53. The molecular weight excluding hydrogens is 270 g/mol. The summed E-state index contributed by atoms with van der Waals surface area (Å²) in [5, 5.41) is 7.93. The Morgan fingerprint density at radius 2 is 1.63 bits per heavy atom. The van der Waals surface area contributed by atoms with Crippen LogP contribution in [0.5, 0.6) is 0 Å². The molecule has 1 unspecified atom stereocenters. The van der Waals surface area contributed by atoms with Gasteiger partial charge in [-0.15, -0.1) is 0 Å². The van der Waals surface area contributed by atoms with Gasteiger partial charge in [0.05, 0.1) is 17.7 Å². The molecule has 1 atom stereocenters. The van der Waals surface area contributed by atoms with Gasteiger partial charge in [-0.2, -0.15) is 0 Å². The van der Waals surface area contributed by atoms with Crippen molar-refractivity contribution in [3.63, 3.8) is 0 Å². The average Bonchev–Trinajstić information content (AvgIpc) is 2.59. The zero-order valence-corrected chi connectivity index (χ0v) is 11.1. The minimum Gasteiger partial charge on any atom is -0.395 e. The van der Waals surface area contributed by atoms with Crippen molar-refractivity contribution < 1.29 is 23.1 Å². The lowest BCUT2D eigenvalue weighted by Crippen LogP contribution is -2.41. The second-order valence-corrected chi connectivity index (χ2v) is 6.73. The third-order valence-electron chi connectivity index (χ3n) is 3.07. The van der Waals surface area contributed by atoms with Gasteiger partial charge in [-0.3, -0.25) is 14.5 Å². The smallest absolute Gasteiger partial charge is 0.261 e. The summed E-state index contributed by atoms with van der Waals surface area (Å²) >= 11 is 0. The predicted molar refractivity (Wildman–Crippen MR) is 67.5 cm³/mol. The minimum atomic E-state index is -3.53. The van der Waals surface area contributed by atoms with E-state index in [-0.39, 0.29) is 17.7 Å². The van der Waals surface area contributed by atoms with Gasteiger partial charge in [0.1, 0.15) is 5.25 Å². The number of fused-ring (bicyclic) bond motifs is 1. The van der Waals surface area contributed by atoms with Crippen molar-refractivity contribution in [2.75, 3.05) is 19.4 Å². The molecule has 0 fully saturated rings. The van der Waals surface area contributed by atoms with Gasteiger partial charge in [-0.25, -0.2) is 8.42 Å². The molecule has 7 heteroatoms. The Kier molecular flexibility index (Phi) is 3.42. The number of benzene rings is 1. The number of rotatable bonds is 4. The Balaban J connectivity index is 2.30. The Bertz CT molecular complexity index is 602. The molecule has 1 aromatic rings. The lowest BCUT2D eigenvalue weighted by atomic mass is 10.1. The molecule has 0 bridgehead atoms. The first kappa shape index (κ1) is 13.7.